The van der Waals surface area contributed by atoms with Gasteiger partial charge in [0.1, 0.15) is 0 Å². The number of nitrogens with one attached hydrogen (secondary N) is 1. The number of nitrogens with two attached hydrogens (primary N) is 1. The summed E-state index contributed by atoms with van der Waals surface area (Å²) in [6.45, 7) is 1.44. The number of methoxy groups -OCH3 is 1. The van der Waals surface area contributed by atoms with Crippen LogP contribution in [0.3, 0.4) is 0 Å². The van der Waals surface area contributed by atoms with Gasteiger partial charge in [0.2, 0.25) is 0 Å². The highest BCUT2D eigenvalue weighted by atomic mass is 16.6. The molecule has 0 atom stereocenters. The number of carbonyl (C=O) groups is 1. The summed E-state index contributed by atoms with van der Waals surface area (Å²) in [6.07, 6.45) is 3.34. The van der Waals surface area contributed by atoms with Crippen LogP contribution in [0.2, 0.25) is 0 Å². The average molecular weight is 227 g/mol. The van der Waals surface area contributed by atoms with E-state index in [1.54, 1.807) is 31.3 Å². The van der Waals surface area contributed by atoms with Crippen LogP contribution in [-0.2, 0) is 14.4 Å². The second-order valence-electron chi connectivity index (χ2n) is 3.39. The zero-order valence-electron chi connectivity index (χ0n) is 9.53. The predicted octanol–water partition coefficient (Wildman–Crippen LogP) is -0.647. The second-order valence-corrected chi connectivity index (χ2v) is 3.39. The van der Waals surface area contributed by atoms with Gasteiger partial charge >= 0.3 is 0 Å². The molecule has 0 spiro atoms. The number of nitrogens with zero attached hydrogens (tertiary/aromatic N) is 1. The van der Waals surface area contributed by atoms with Gasteiger partial charge in [0.25, 0.3) is 5.91 Å². The average Bonchev–Trinajstić information content (AvgIpc) is 2.34. The molecule has 1 aliphatic rings. The lowest BCUT2D eigenvalue weighted by molar-refractivity contribution is -0.126. The number of hydrogen-bond donors (Lipinski definition) is 2. The van der Waals surface area contributed by atoms with Crippen molar-refractivity contribution in [3.05, 3.63) is 23.6 Å². The monoisotopic (exact) mass is 227 g/mol. The molecule has 90 valence electrons. The molecule has 0 fully saturated rings. The van der Waals surface area contributed by atoms with E-state index < -0.39 is 0 Å². The van der Waals surface area contributed by atoms with E-state index in [-0.39, 0.29) is 5.91 Å². The van der Waals surface area contributed by atoms with Crippen molar-refractivity contribution in [2.45, 2.75) is 0 Å². The van der Waals surface area contributed by atoms with Gasteiger partial charge in [-0.2, -0.15) is 5.90 Å². The van der Waals surface area contributed by atoms with Gasteiger partial charge < -0.3 is 19.8 Å². The molecule has 0 radical (unpaired) electrons. The SMILES string of the molecule is COCCN(C)C(=O)C1=C(ON)CNC=C1. The van der Waals surface area contributed by atoms with Crippen LogP contribution >= 0.6 is 0 Å². The molecule has 0 saturated carbocycles. The molecule has 0 aromatic carbocycles. The molecule has 0 aliphatic carbocycles. The predicted molar refractivity (Wildman–Crippen MR) is 59.0 cm³/mol. The molecule has 1 amide bonds. The van der Waals surface area contributed by atoms with Gasteiger partial charge in [-0.25, -0.2) is 0 Å². The second kappa shape index (κ2) is 6.14. The number of hydrogen-bond acceptors (Lipinski definition) is 5. The van der Waals surface area contributed by atoms with E-state index in [1.165, 1.54) is 0 Å². The Kier molecular flexibility index (Phi) is 4.81. The summed E-state index contributed by atoms with van der Waals surface area (Å²) in [6, 6.07) is 0. The first-order valence-corrected chi connectivity index (χ1v) is 4.95. The minimum absolute atomic E-state index is 0.129. The van der Waals surface area contributed by atoms with Gasteiger partial charge in [-0.05, 0) is 12.3 Å². The van der Waals surface area contributed by atoms with Gasteiger partial charge in [-0.15, -0.1) is 0 Å². The smallest absolute Gasteiger partial charge is 0.257 e. The summed E-state index contributed by atoms with van der Waals surface area (Å²) in [5.74, 6) is 5.42. The van der Waals surface area contributed by atoms with E-state index in [2.05, 4.69) is 10.2 Å². The topological polar surface area (TPSA) is 76.8 Å². The maximum Gasteiger partial charge on any atom is 0.257 e. The first kappa shape index (κ1) is 12.5. The van der Waals surface area contributed by atoms with Gasteiger partial charge in [-0.1, -0.05) is 0 Å². The first-order chi connectivity index (χ1) is 7.70. The van der Waals surface area contributed by atoms with Crippen molar-refractivity contribution < 1.29 is 14.4 Å². The first-order valence-electron chi connectivity index (χ1n) is 4.95. The molecular formula is C10H17N3O3. The molecule has 0 aromatic heterocycles. The van der Waals surface area contributed by atoms with Crippen LogP contribution in [0.25, 0.3) is 0 Å². The van der Waals surface area contributed by atoms with E-state index >= 15 is 0 Å². The molecule has 3 N–H and O–H groups in total. The van der Waals surface area contributed by atoms with Crippen molar-refractivity contribution in [1.82, 2.24) is 10.2 Å². The zero-order valence-corrected chi connectivity index (χ0v) is 9.53. The number of amides is 1. The standard InChI is InChI=1S/C10H17N3O3/c1-13(5-6-15-2)10(14)8-3-4-12-7-9(8)16-11/h3-4,12H,5-7,11H2,1-2H3. The quantitative estimate of drug-likeness (QED) is 0.610. The van der Waals surface area contributed by atoms with Crippen LogP contribution < -0.4 is 11.2 Å². The number of ether oxygens (including phenoxy) is 1. The highest BCUT2D eigenvalue weighted by molar-refractivity contribution is 5.96. The van der Waals surface area contributed by atoms with Crippen LogP contribution in [0, 0.1) is 0 Å². The van der Waals surface area contributed by atoms with E-state index in [0.717, 1.165) is 0 Å². The molecule has 1 aliphatic heterocycles. The Balaban J connectivity index is 2.71. The van der Waals surface area contributed by atoms with E-state index in [9.17, 15) is 4.79 Å². The lowest BCUT2D eigenvalue weighted by Crippen LogP contribution is -2.33. The Labute approximate surface area is 94.6 Å². The number of dihydropyridines is 1. The molecule has 0 unspecified atom stereocenters. The Morgan fingerprint density at radius 3 is 3.06 bits per heavy atom. The maximum absolute atomic E-state index is 12.0. The third kappa shape index (κ3) is 2.98. The van der Waals surface area contributed by atoms with Gasteiger partial charge in [0.05, 0.1) is 18.7 Å². The molecule has 0 saturated heterocycles. The van der Waals surface area contributed by atoms with Crippen molar-refractivity contribution in [3.8, 4) is 0 Å². The van der Waals surface area contributed by atoms with E-state index in [4.69, 9.17) is 10.6 Å². The van der Waals surface area contributed by atoms with Crippen LogP contribution in [-0.4, -0.2) is 44.7 Å². The third-order valence-corrected chi connectivity index (χ3v) is 2.28. The molecule has 0 bridgehead atoms. The number of likely N-dealkylation sites (N-methyl/N-ethyl adjacent to an activating group) is 1. The fraction of sp³-hybridized carbons (Fsp3) is 0.500. The summed E-state index contributed by atoms with van der Waals surface area (Å²) >= 11 is 0. The lowest BCUT2D eigenvalue weighted by Gasteiger charge is -2.20. The summed E-state index contributed by atoms with van der Waals surface area (Å²) in [7, 11) is 3.30. The Morgan fingerprint density at radius 1 is 1.69 bits per heavy atom. The lowest BCUT2D eigenvalue weighted by atomic mass is 10.1. The van der Waals surface area contributed by atoms with Crippen LogP contribution in [0.1, 0.15) is 0 Å². The minimum atomic E-state index is -0.129. The van der Waals surface area contributed by atoms with Crippen LogP contribution in [0.4, 0.5) is 0 Å². The van der Waals surface area contributed by atoms with Crippen molar-refractivity contribution in [2.75, 3.05) is 33.9 Å². The Bertz CT molecular complexity index is 312. The number of carbonyl (C=O) groups excluding carboxylic acids is 1. The summed E-state index contributed by atoms with van der Waals surface area (Å²) in [5, 5.41) is 2.91. The minimum Gasteiger partial charge on any atom is -0.413 e. The summed E-state index contributed by atoms with van der Waals surface area (Å²) in [4.78, 5) is 18.2. The molecular weight excluding hydrogens is 210 g/mol. The van der Waals surface area contributed by atoms with Gasteiger partial charge in [0.15, 0.2) is 5.76 Å². The van der Waals surface area contributed by atoms with Crippen molar-refractivity contribution in [1.29, 1.82) is 0 Å². The number of rotatable bonds is 5. The zero-order chi connectivity index (χ0) is 12.0. The van der Waals surface area contributed by atoms with Crippen LogP contribution in [0.5, 0.6) is 0 Å². The van der Waals surface area contributed by atoms with E-state index in [1.807, 2.05) is 0 Å². The summed E-state index contributed by atoms with van der Waals surface area (Å²) < 4.78 is 4.91. The molecule has 6 heteroatoms. The molecule has 16 heavy (non-hydrogen) atoms. The van der Waals surface area contributed by atoms with Crippen LogP contribution in [0.15, 0.2) is 23.6 Å². The van der Waals surface area contributed by atoms with Gasteiger partial charge in [-0.3, -0.25) is 4.79 Å². The molecule has 0 aromatic rings. The molecule has 1 heterocycles. The fourth-order valence-corrected chi connectivity index (χ4v) is 1.31. The normalized spacial score (nSPS) is 14.7. The highest BCUT2D eigenvalue weighted by Gasteiger charge is 2.19. The molecule has 6 nitrogen and oxygen atoms in total. The highest BCUT2D eigenvalue weighted by Crippen LogP contribution is 2.12. The third-order valence-electron chi connectivity index (χ3n) is 2.28. The Morgan fingerprint density at radius 2 is 2.44 bits per heavy atom. The fourth-order valence-electron chi connectivity index (χ4n) is 1.31. The van der Waals surface area contributed by atoms with Gasteiger partial charge in [0, 0.05) is 20.7 Å². The largest absolute Gasteiger partial charge is 0.413 e. The summed E-state index contributed by atoms with van der Waals surface area (Å²) in [5.41, 5.74) is 0.472. The van der Waals surface area contributed by atoms with Crippen molar-refractivity contribution in [3.63, 3.8) is 0 Å². The maximum atomic E-state index is 12.0. The van der Waals surface area contributed by atoms with Crippen molar-refractivity contribution in [2.24, 2.45) is 5.90 Å². The Hall–Kier alpha value is -1.53. The van der Waals surface area contributed by atoms with E-state index in [0.29, 0.717) is 31.0 Å². The van der Waals surface area contributed by atoms with Crippen molar-refractivity contribution >= 4 is 5.91 Å². The molecule has 1 rings (SSSR count).